The lowest BCUT2D eigenvalue weighted by molar-refractivity contribution is -0.385. The van der Waals surface area contributed by atoms with Crippen molar-refractivity contribution in [3.63, 3.8) is 0 Å². The first-order valence-electron chi connectivity index (χ1n) is 8.72. The molecule has 2 aromatic rings. The Hall–Kier alpha value is -2.52. The first-order valence-corrected chi connectivity index (χ1v) is 9.53. The van der Waals surface area contributed by atoms with E-state index in [-0.39, 0.29) is 23.8 Å². The van der Waals surface area contributed by atoms with E-state index in [1.807, 2.05) is 26.0 Å². The molecule has 0 radical (unpaired) electrons. The van der Waals surface area contributed by atoms with Gasteiger partial charge in [-0.1, -0.05) is 6.07 Å². The maximum Gasteiger partial charge on any atom is 0.283 e. The molecular formula is C18H22N4O4S. The summed E-state index contributed by atoms with van der Waals surface area (Å²) >= 11 is 1.12. The van der Waals surface area contributed by atoms with Crippen LogP contribution in [0.5, 0.6) is 0 Å². The van der Waals surface area contributed by atoms with Gasteiger partial charge in [0.05, 0.1) is 26.9 Å². The van der Waals surface area contributed by atoms with Crippen LogP contribution in [0.1, 0.15) is 34.0 Å². The largest absolute Gasteiger partial charge is 0.372 e. The highest BCUT2D eigenvalue weighted by Crippen LogP contribution is 2.28. The van der Waals surface area contributed by atoms with E-state index in [1.54, 1.807) is 13.1 Å². The van der Waals surface area contributed by atoms with Crippen molar-refractivity contribution in [3.8, 4) is 0 Å². The first kappa shape index (κ1) is 19.2. The number of amides is 1. The quantitative estimate of drug-likeness (QED) is 0.623. The fraction of sp³-hybridized carbons (Fsp3) is 0.444. The van der Waals surface area contributed by atoms with Crippen molar-refractivity contribution in [2.75, 3.05) is 18.0 Å². The van der Waals surface area contributed by atoms with Crippen molar-refractivity contribution in [3.05, 3.63) is 49.8 Å². The molecule has 0 unspecified atom stereocenters. The fourth-order valence-electron chi connectivity index (χ4n) is 3.11. The number of rotatable bonds is 5. The molecular weight excluding hydrogens is 368 g/mol. The number of anilines is 1. The van der Waals surface area contributed by atoms with Gasteiger partial charge in [-0.2, -0.15) is 0 Å². The van der Waals surface area contributed by atoms with E-state index in [0.29, 0.717) is 16.3 Å². The average Bonchev–Trinajstić information content (AvgIpc) is 3.01. The van der Waals surface area contributed by atoms with Crippen molar-refractivity contribution in [1.29, 1.82) is 0 Å². The van der Waals surface area contributed by atoms with Gasteiger partial charge in [0.2, 0.25) is 0 Å². The molecule has 144 valence electrons. The average molecular weight is 390 g/mol. The van der Waals surface area contributed by atoms with Gasteiger partial charge in [0.15, 0.2) is 0 Å². The second-order valence-electron chi connectivity index (χ2n) is 6.68. The van der Waals surface area contributed by atoms with Gasteiger partial charge in [0.1, 0.15) is 5.82 Å². The van der Waals surface area contributed by atoms with E-state index in [0.717, 1.165) is 35.8 Å². The molecule has 3 rings (SSSR count). The number of thiophene rings is 1. The van der Waals surface area contributed by atoms with Crippen molar-refractivity contribution in [1.82, 2.24) is 10.3 Å². The molecule has 0 spiro atoms. The molecule has 0 aromatic carbocycles. The molecule has 1 aliphatic rings. The van der Waals surface area contributed by atoms with Gasteiger partial charge >= 0.3 is 0 Å². The standard InChI is InChI=1S/C18H22N4O4S/c1-11-9-21(10-12(2)26-11)17-5-4-14(7-19-17)8-20-18(23)16-6-15(22(24)25)13(3)27-16/h4-7,11-12H,8-10H2,1-3H3,(H,20,23)/t11-,12-/m0/s1. The highest BCUT2D eigenvalue weighted by atomic mass is 32.1. The summed E-state index contributed by atoms with van der Waals surface area (Å²) in [6.45, 7) is 7.63. The third-order valence-electron chi connectivity index (χ3n) is 4.32. The van der Waals surface area contributed by atoms with Gasteiger partial charge in [-0.15, -0.1) is 11.3 Å². The molecule has 1 amide bonds. The molecule has 9 heteroatoms. The summed E-state index contributed by atoms with van der Waals surface area (Å²) in [5.74, 6) is 0.563. The van der Waals surface area contributed by atoms with Crippen LogP contribution < -0.4 is 10.2 Å². The normalized spacial score (nSPS) is 19.7. The molecule has 1 N–H and O–H groups in total. The Kier molecular flexibility index (Phi) is 5.71. The Balaban J connectivity index is 1.59. The Labute approximate surface area is 161 Å². The number of nitrogens with zero attached hydrogens (tertiary/aromatic N) is 3. The lowest BCUT2D eigenvalue weighted by Crippen LogP contribution is -2.45. The zero-order chi connectivity index (χ0) is 19.6. The van der Waals surface area contributed by atoms with Gasteiger partial charge in [-0.25, -0.2) is 4.98 Å². The lowest BCUT2D eigenvalue weighted by Gasteiger charge is -2.36. The van der Waals surface area contributed by atoms with Crippen LogP contribution >= 0.6 is 11.3 Å². The Bertz CT molecular complexity index is 826. The van der Waals surface area contributed by atoms with Gasteiger partial charge in [-0.05, 0) is 32.4 Å². The van der Waals surface area contributed by atoms with Crippen molar-refractivity contribution in [2.24, 2.45) is 0 Å². The molecule has 0 aliphatic carbocycles. The minimum atomic E-state index is -0.474. The Morgan fingerprint density at radius 3 is 2.67 bits per heavy atom. The van der Waals surface area contributed by atoms with E-state index < -0.39 is 4.92 Å². The maximum atomic E-state index is 12.2. The molecule has 2 aromatic heterocycles. The summed E-state index contributed by atoms with van der Waals surface area (Å²) < 4.78 is 5.74. The van der Waals surface area contributed by atoms with Gasteiger partial charge < -0.3 is 15.0 Å². The number of hydrogen-bond donors (Lipinski definition) is 1. The molecule has 0 bridgehead atoms. The monoisotopic (exact) mass is 390 g/mol. The molecule has 1 fully saturated rings. The van der Waals surface area contributed by atoms with Gasteiger partial charge in [-0.3, -0.25) is 14.9 Å². The smallest absolute Gasteiger partial charge is 0.283 e. The van der Waals surface area contributed by atoms with Crippen LogP contribution in [0.25, 0.3) is 0 Å². The van der Waals surface area contributed by atoms with Crippen LogP contribution in [-0.4, -0.2) is 41.1 Å². The van der Waals surface area contributed by atoms with Crippen LogP contribution in [0.4, 0.5) is 11.5 Å². The topological polar surface area (TPSA) is 97.6 Å². The van der Waals surface area contributed by atoms with Crippen LogP contribution in [0.15, 0.2) is 24.4 Å². The van der Waals surface area contributed by atoms with E-state index in [1.165, 1.54) is 6.07 Å². The van der Waals surface area contributed by atoms with Gasteiger partial charge in [0.25, 0.3) is 11.6 Å². The van der Waals surface area contributed by atoms with E-state index >= 15 is 0 Å². The molecule has 2 atom stereocenters. The minimum absolute atomic E-state index is 0.0230. The number of carbonyl (C=O) groups is 1. The van der Waals surface area contributed by atoms with Crippen LogP contribution in [0.2, 0.25) is 0 Å². The zero-order valence-electron chi connectivity index (χ0n) is 15.5. The second-order valence-corrected chi connectivity index (χ2v) is 7.94. The zero-order valence-corrected chi connectivity index (χ0v) is 16.3. The number of morpholine rings is 1. The Morgan fingerprint density at radius 2 is 2.11 bits per heavy atom. The summed E-state index contributed by atoms with van der Waals surface area (Å²) in [6, 6.07) is 5.18. The molecule has 1 aliphatic heterocycles. The first-order chi connectivity index (χ1) is 12.8. The fourth-order valence-corrected chi connectivity index (χ4v) is 4.01. The number of hydrogen-bond acceptors (Lipinski definition) is 7. The van der Waals surface area contributed by atoms with Crippen LogP contribution in [0, 0.1) is 17.0 Å². The molecule has 3 heterocycles. The maximum absolute atomic E-state index is 12.2. The summed E-state index contributed by atoms with van der Waals surface area (Å²) in [6.07, 6.45) is 2.06. The summed E-state index contributed by atoms with van der Waals surface area (Å²) in [7, 11) is 0. The number of aryl methyl sites for hydroxylation is 1. The van der Waals surface area contributed by atoms with E-state index in [4.69, 9.17) is 4.74 Å². The second kappa shape index (κ2) is 8.01. The van der Waals surface area contributed by atoms with Gasteiger partial charge in [0, 0.05) is 31.9 Å². The number of carbonyl (C=O) groups excluding carboxylic acids is 1. The number of pyridine rings is 1. The number of nitro groups is 1. The summed E-state index contributed by atoms with van der Waals surface area (Å²) in [5.41, 5.74) is 0.842. The van der Waals surface area contributed by atoms with Crippen LogP contribution in [-0.2, 0) is 11.3 Å². The van der Waals surface area contributed by atoms with Crippen molar-refractivity contribution in [2.45, 2.75) is 39.5 Å². The highest BCUT2D eigenvalue weighted by molar-refractivity contribution is 7.14. The molecule has 8 nitrogen and oxygen atoms in total. The van der Waals surface area contributed by atoms with E-state index in [9.17, 15) is 14.9 Å². The minimum Gasteiger partial charge on any atom is -0.372 e. The SMILES string of the molecule is Cc1sc(C(=O)NCc2ccc(N3C[C@H](C)O[C@@H](C)C3)nc2)cc1[N+](=O)[O-]. The highest BCUT2D eigenvalue weighted by Gasteiger charge is 2.23. The number of aromatic nitrogens is 1. The van der Waals surface area contributed by atoms with Crippen molar-refractivity contribution < 1.29 is 14.5 Å². The third-order valence-corrected chi connectivity index (χ3v) is 5.36. The number of nitrogens with one attached hydrogen (secondary N) is 1. The molecule has 0 saturated carbocycles. The third kappa shape index (κ3) is 4.61. The van der Waals surface area contributed by atoms with Crippen molar-refractivity contribution >= 4 is 28.7 Å². The predicted octanol–water partition coefficient (Wildman–Crippen LogP) is 2.90. The summed E-state index contributed by atoms with van der Waals surface area (Å²) in [4.78, 5) is 30.2. The Morgan fingerprint density at radius 1 is 1.41 bits per heavy atom. The molecule has 1 saturated heterocycles. The summed E-state index contributed by atoms with van der Waals surface area (Å²) in [5, 5.41) is 13.7. The van der Waals surface area contributed by atoms with E-state index in [2.05, 4.69) is 15.2 Å². The lowest BCUT2D eigenvalue weighted by atomic mass is 10.2. The molecule has 27 heavy (non-hydrogen) atoms. The predicted molar refractivity (Wildman–Crippen MR) is 103 cm³/mol. The van der Waals surface area contributed by atoms with Crippen LogP contribution in [0.3, 0.4) is 0 Å². The number of ether oxygens (including phenoxy) is 1.